The molecular formula is C12H16N6O2S. The minimum atomic E-state index is -0.492. The summed E-state index contributed by atoms with van der Waals surface area (Å²) >= 11 is 1.40. The largest absolute Gasteiger partial charge is 0.326 e. The van der Waals surface area contributed by atoms with Crippen molar-refractivity contribution < 1.29 is 9.59 Å². The highest BCUT2D eigenvalue weighted by molar-refractivity contribution is 7.16. The number of nitrogens with zero attached hydrogens (tertiary/aromatic N) is 6. The molecule has 21 heavy (non-hydrogen) atoms. The van der Waals surface area contributed by atoms with Gasteiger partial charge in [-0.3, -0.25) is 9.69 Å². The van der Waals surface area contributed by atoms with Crippen LogP contribution in [0.1, 0.15) is 30.6 Å². The van der Waals surface area contributed by atoms with Crippen LogP contribution in [0, 0.1) is 0 Å². The smallest absolute Gasteiger partial charge is 0.315 e. The summed E-state index contributed by atoms with van der Waals surface area (Å²) in [5.74, 6) is 0.822. The first-order valence-corrected chi connectivity index (χ1v) is 7.47. The molecule has 2 aromatic rings. The van der Waals surface area contributed by atoms with Gasteiger partial charge in [-0.1, -0.05) is 25.2 Å². The summed E-state index contributed by atoms with van der Waals surface area (Å²) in [7, 11) is 3.13. The molecule has 2 aromatic heterocycles. The van der Waals surface area contributed by atoms with Gasteiger partial charge in [0.1, 0.15) is 11.0 Å². The Kier molecular flexibility index (Phi) is 3.16. The Balaban J connectivity index is 1.89. The van der Waals surface area contributed by atoms with Crippen molar-refractivity contribution in [2.24, 2.45) is 0 Å². The highest BCUT2D eigenvalue weighted by Crippen LogP contribution is 2.23. The third-order valence-electron chi connectivity index (χ3n) is 3.61. The molecule has 3 amide bonds. The van der Waals surface area contributed by atoms with Crippen LogP contribution in [0.5, 0.6) is 0 Å². The summed E-state index contributed by atoms with van der Waals surface area (Å²) in [4.78, 5) is 27.1. The van der Waals surface area contributed by atoms with Crippen LogP contribution in [-0.4, -0.2) is 61.7 Å². The molecular weight excluding hydrogens is 292 g/mol. The molecule has 0 N–H and O–H groups in total. The van der Waals surface area contributed by atoms with Gasteiger partial charge in [-0.2, -0.15) is 9.61 Å². The second kappa shape index (κ2) is 4.76. The number of carbonyl (C=O) groups is 2. The molecule has 0 saturated carbocycles. The molecule has 0 radical (unpaired) electrons. The van der Waals surface area contributed by atoms with Crippen molar-refractivity contribution in [1.82, 2.24) is 29.6 Å². The maximum absolute atomic E-state index is 12.1. The minimum absolute atomic E-state index is 0.197. The van der Waals surface area contributed by atoms with Crippen LogP contribution in [0.2, 0.25) is 0 Å². The van der Waals surface area contributed by atoms with Gasteiger partial charge < -0.3 is 4.90 Å². The molecule has 112 valence electrons. The first kappa shape index (κ1) is 13.9. The zero-order chi connectivity index (χ0) is 15.3. The van der Waals surface area contributed by atoms with E-state index in [9.17, 15) is 9.59 Å². The van der Waals surface area contributed by atoms with Gasteiger partial charge in [0.2, 0.25) is 4.96 Å². The number of urea groups is 1. The van der Waals surface area contributed by atoms with Crippen molar-refractivity contribution >= 4 is 28.2 Å². The molecule has 9 heteroatoms. The predicted octanol–water partition coefficient (Wildman–Crippen LogP) is 0.744. The summed E-state index contributed by atoms with van der Waals surface area (Å²) in [5.41, 5.74) is 0. The van der Waals surface area contributed by atoms with Crippen LogP contribution in [-0.2, 0) is 11.2 Å². The van der Waals surface area contributed by atoms with E-state index in [1.807, 2.05) is 13.8 Å². The highest BCUT2D eigenvalue weighted by atomic mass is 32.1. The van der Waals surface area contributed by atoms with E-state index in [4.69, 9.17) is 0 Å². The monoisotopic (exact) mass is 308 g/mol. The van der Waals surface area contributed by atoms with Gasteiger partial charge in [0, 0.05) is 26.4 Å². The quantitative estimate of drug-likeness (QED) is 0.781. The number of rotatable bonds is 3. The molecule has 1 saturated heterocycles. The van der Waals surface area contributed by atoms with Gasteiger partial charge in [0.25, 0.3) is 5.91 Å². The second-order valence-electron chi connectivity index (χ2n) is 5.41. The third-order valence-corrected chi connectivity index (χ3v) is 4.53. The molecule has 1 aliphatic rings. The van der Waals surface area contributed by atoms with Gasteiger partial charge in [-0.25, -0.2) is 4.79 Å². The highest BCUT2D eigenvalue weighted by Gasteiger charge is 2.41. The zero-order valence-corrected chi connectivity index (χ0v) is 13.1. The molecule has 8 nitrogen and oxygen atoms in total. The summed E-state index contributed by atoms with van der Waals surface area (Å²) in [6.07, 6.45) is 0.400. The van der Waals surface area contributed by atoms with Crippen LogP contribution in [0.3, 0.4) is 0 Å². The lowest BCUT2D eigenvalue weighted by Crippen LogP contribution is -2.33. The molecule has 0 bridgehead atoms. The zero-order valence-electron chi connectivity index (χ0n) is 12.3. The fourth-order valence-electron chi connectivity index (χ4n) is 2.36. The van der Waals surface area contributed by atoms with Crippen molar-refractivity contribution in [2.75, 3.05) is 14.1 Å². The Morgan fingerprint density at radius 3 is 2.52 bits per heavy atom. The van der Waals surface area contributed by atoms with Crippen molar-refractivity contribution in [1.29, 1.82) is 0 Å². The molecule has 1 fully saturated rings. The van der Waals surface area contributed by atoms with E-state index in [0.717, 1.165) is 15.7 Å². The summed E-state index contributed by atoms with van der Waals surface area (Å²) in [6.45, 7) is 4.05. The lowest BCUT2D eigenvalue weighted by molar-refractivity contribution is -0.127. The van der Waals surface area contributed by atoms with Crippen LogP contribution in [0.15, 0.2) is 0 Å². The molecule has 0 aliphatic carbocycles. The Bertz CT molecular complexity index is 720. The summed E-state index contributed by atoms with van der Waals surface area (Å²) in [6, 6.07) is -0.773. The number of carbonyl (C=O) groups excluding carboxylic acids is 2. The van der Waals surface area contributed by atoms with Crippen LogP contribution in [0.25, 0.3) is 4.96 Å². The average molecular weight is 308 g/mol. The molecule has 0 unspecified atom stereocenters. The lowest BCUT2D eigenvalue weighted by Gasteiger charge is -2.14. The number of imide groups is 1. The second-order valence-corrected chi connectivity index (χ2v) is 6.45. The van der Waals surface area contributed by atoms with Gasteiger partial charge in [-0.05, 0) is 0 Å². The first-order valence-electron chi connectivity index (χ1n) is 6.65. The average Bonchev–Trinajstić information content (AvgIpc) is 3.04. The predicted molar refractivity (Wildman–Crippen MR) is 76.2 cm³/mol. The van der Waals surface area contributed by atoms with E-state index in [1.54, 1.807) is 11.6 Å². The van der Waals surface area contributed by atoms with E-state index in [2.05, 4.69) is 15.3 Å². The van der Waals surface area contributed by atoms with E-state index >= 15 is 0 Å². The standard InChI is InChI=1S/C12H16N6O2S/c1-6(2)9-13-14-11-18(9)15-8(21-11)5-7-10(19)17(4)12(20)16(7)3/h6-7H,5H2,1-4H3/t7-/m1/s1. The Labute approximate surface area is 125 Å². The molecule has 3 rings (SSSR count). The number of hydrogen-bond donors (Lipinski definition) is 0. The maximum Gasteiger partial charge on any atom is 0.326 e. The fraction of sp³-hybridized carbons (Fsp3) is 0.583. The number of fused-ring (bicyclic) bond motifs is 1. The van der Waals surface area contributed by atoms with Gasteiger partial charge in [0.05, 0.1) is 0 Å². The van der Waals surface area contributed by atoms with Gasteiger partial charge in [0.15, 0.2) is 5.82 Å². The van der Waals surface area contributed by atoms with Crippen LogP contribution in [0.4, 0.5) is 4.79 Å². The van der Waals surface area contributed by atoms with E-state index in [1.165, 1.54) is 23.3 Å². The third kappa shape index (κ3) is 2.08. The van der Waals surface area contributed by atoms with Crippen molar-refractivity contribution in [2.45, 2.75) is 32.2 Å². The normalized spacial score (nSPS) is 19.6. The first-order chi connectivity index (χ1) is 9.90. The number of likely N-dealkylation sites (N-methyl/N-ethyl adjacent to an activating group) is 2. The molecule has 1 atom stereocenters. The summed E-state index contributed by atoms with van der Waals surface area (Å²) in [5, 5.41) is 13.5. The maximum atomic E-state index is 12.1. The topological polar surface area (TPSA) is 83.7 Å². The van der Waals surface area contributed by atoms with Crippen molar-refractivity contribution in [3.05, 3.63) is 10.8 Å². The lowest BCUT2D eigenvalue weighted by atomic mass is 10.2. The van der Waals surface area contributed by atoms with Crippen molar-refractivity contribution in [3.63, 3.8) is 0 Å². The van der Waals surface area contributed by atoms with E-state index in [-0.39, 0.29) is 17.9 Å². The molecule has 0 aromatic carbocycles. The number of amides is 3. The molecule has 0 spiro atoms. The Morgan fingerprint density at radius 2 is 1.95 bits per heavy atom. The van der Waals surface area contributed by atoms with Gasteiger partial charge >= 0.3 is 6.03 Å². The van der Waals surface area contributed by atoms with Gasteiger partial charge in [-0.15, -0.1) is 10.2 Å². The Morgan fingerprint density at radius 1 is 1.24 bits per heavy atom. The number of hydrogen-bond acceptors (Lipinski definition) is 6. The summed E-state index contributed by atoms with van der Waals surface area (Å²) < 4.78 is 1.72. The van der Waals surface area contributed by atoms with E-state index < -0.39 is 6.04 Å². The van der Waals surface area contributed by atoms with Crippen LogP contribution >= 0.6 is 11.3 Å². The molecule has 1 aliphatic heterocycles. The van der Waals surface area contributed by atoms with Crippen LogP contribution < -0.4 is 0 Å². The van der Waals surface area contributed by atoms with E-state index in [0.29, 0.717) is 11.4 Å². The number of aromatic nitrogens is 4. The molecule has 3 heterocycles. The minimum Gasteiger partial charge on any atom is -0.315 e. The SMILES string of the molecule is CC(C)c1nnc2sc(C[C@@H]3C(=O)N(C)C(=O)N3C)nn12. The Hall–Kier alpha value is -2.03. The fourth-order valence-corrected chi connectivity index (χ4v) is 3.23. The van der Waals surface area contributed by atoms with Crippen molar-refractivity contribution in [3.8, 4) is 0 Å².